The monoisotopic (exact) mass is 308 g/mol. The molecule has 0 unspecified atom stereocenters. The van der Waals surface area contributed by atoms with E-state index < -0.39 is 23.5 Å². The molecular formula is C9H4BrF3N2O2. The van der Waals surface area contributed by atoms with Crippen LogP contribution < -0.4 is 0 Å². The molecule has 0 aliphatic carbocycles. The Labute approximate surface area is 101 Å². The highest BCUT2D eigenvalue weighted by atomic mass is 79.9. The molecule has 0 atom stereocenters. The predicted octanol–water partition coefficient (Wildman–Crippen LogP) is 2.81. The second-order valence-electron chi connectivity index (χ2n) is 3.19. The van der Waals surface area contributed by atoms with E-state index in [9.17, 15) is 18.0 Å². The summed E-state index contributed by atoms with van der Waals surface area (Å²) < 4.78 is 39.1. The molecule has 0 aromatic carbocycles. The standard InChI is InChI=1S/C9H4BrF3N2O2/c10-4-1-2-5-14-7(9(11,12)13)6(8(16)17)15(5)3-4/h1-3H,(H,16,17). The van der Waals surface area contributed by atoms with Crippen LogP contribution in [0.25, 0.3) is 5.65 Å². The molecule has 2 rings (SSSR count). The van der Waals surface area contributed by atoms with Gasteiger partial charge in [-0.2, -0.15) is 13.2 Å². The number of carboxylic acid groups (broad SMARTS) is 1. The van der Waals surface area contributed by atoms with Crippen molar-refractivity contribution in [3.63, 3.8) is 0 Å². The number of carbonyl (C=O) groups is 1. The Bertz CT molecular complexity index is 606. The van der Waals surface area contributed by atoms with Gasteiger partial charge in [0.2, 0.25) is 0 Å². The number of hydrogen-bond donors (Lipinski definition) is 1. The van der Waals surface area contributed by atoms with Crippen molar-refractivity contribution in [2.24, 2.45) is 0 Å². The van der Waals surface area contributed by atoms with Crippen LogP contribution in [0.15, 0.2) is 22.8 Å². The number of imidazole rings is 1. The molecule has 2 heterocycles. The third-order valence-corrected chi connectivity index (χ3v) is 2.52. The minimum absolute atomic E-state index is 0.0714. The number of aromatic carboxylic acids is 1. The maximum atomic E-state index is 12.6. The lowest BCUT2D eigenvalue weighted by molar-refractivity contribution is -0.141. The minimum Gasteiger partial charge on any atom is -0.476 e. The third kappa shape index (κ3) is 1.99. The van der Waals surface area contributed by atoms with Gasteiger partial charge in [0.1, 0.15) is 5.65 Å². The SMILES string of the molecule is O=C(O)c1c(C(F)(F)F)nc2ccc(Br)cn12. The van der Waals surface area contributed by atoms with Gasteiger partial charge in [-0.3, -0.25) is 4.40 Å². The average Bonchev–Trinajstić information content (AvgIpc) is 2.55. The molecule has 0 bridgehead atoms. The van der Waals surface area contributed by atoms with Crippen molar-refractivity contribution in [3.8, 4) is 0 Å². The van der Waals surface area contributed by atoms with Crippen molar-refractivity contribution >= 4 is 27.5 Å². The van der Waals surface area contributed by atoms with E-state index in [1.165, 1.54) is 18.3 Å². The highest BCUT2D eigenvalue weighted by molar-refractivity contribution is 9.10. The lowest BCUT2D eigenvalue weighted by Gasteiger charge is -2.03. The summed E-state index contributed by atoms with van der Waals surface area (Å²) in [5, 5.41) is 8.83. The van der Waals surface area contributed by atoms with E-state index in [0.29, 0.717) is 4.47 Å². The van der Waals surface area contributed by atoms with Crippen molar-refractivity contribution < 1.29 is 23.1 Å². The van der Waals surface area contributed by atoms with Crippen molar-refractivity contribution in [3.05, 3.63) is 34.2 Å². The van der Waals surface area contributed by atoms with E-state index in [0.717, 1.165) is 4.40 Å². The van der Waals surface area contributed by atoms with Crippen molar-refractivity contribution in [2.75, 3.05) is 0 Å². The van der Waals surface area contributed by atoms with Crippen LogP contribution in [0.1, 0.15) is 16.2 Å². The number of aromatic nitrogens is 2. The summed E-state index contributed by atoms with van der Waals surface area (Å²) in [7, 11) is 0. The Morgan fingerprint density at radius 1 is 1.41 bits per heavy atom. The molecule has 0 saturated carbocycles. The zero-order valence-electron chi connectivity index (χ0n) is 7.99. The highest BCUT2D eigenvalue weighted by Gasteiger charge is 2.40. The molecule has 0 aliphatic heterocycles. The second-order valence-corrected chi connectivity index (χ2v) is 4.10. The second kappa shape index (κ2) is 3.73. The Balaban J connectivity index is 2.86. The number of nitrogens with zero attached hydrogens (tertiary/aromatic N) is 2. The highest BCUT2D eigenvalue weighted by Crippen LogP contribution is 2.32. The number of fused-ring (bicyclic) bond motifs is 1. The van der Waals surface area contributed by atoms with Gasteiger partial charge in [0.15, 0.2) is 11.4 Å². The molecule has 0 amide bonds. The van der Waals surface area contributed by atoms with Gasteiger partial charge in [-0.05, 0) is 28.1 Å². The molecule has 4 nitrogen and oxygen atoms in total. The molecule has 0 aliphatic rings. The van der Waals surface area contributed by atoms with Crippen LogP contribution in [-0.4, -0.2) is 20.5 Å². The van der Waals surface area contributed by atoms with E-state index in [-0.39, 0.29) is 5.65 Å². The zero-order chi connectivity index (χ0) is 12.8. The van der Waals surface area contributed by atoms with Crippen LogP contribution in [0.4, 0.5) is 13.2 Å². The fourth-order valence-corrected chi connectivity index (χ4v) is 1.76. The van der Waals surface area contributed by atoms with Gasteiger partial charge >= 0.3 is 12.1 Å². The molecular weight excluding hydrogens is 305 g/mol. The third-order valence-electron chi connectivity index (χ3n) is 2.05. The van der Waals surface area contributed by atoms with Crippen LogP contribution >= 0.6 is 15.9 Å². The first-order valence-corrected chi connectivity index (χ1v) is 5.08. The quantitative estimate of drug-likeness (QED) is 0.881. The van der Waals surface area contributed by atoms with Gasteiger partial charge in [-0.15, -0.1) is 0 Å². The van der Waals surface area contributed by atoms with Gasteiger partial charge in [-0.25, -0.2) is 9.78 Å². The van der Waals surface area contributed by atoms with Crippen LogP contribution in [0.2, 0.25) is 0 Å². The number of alkyl halides is 3. The van der Waals surface area contributed by atoms with E-state index in [2.05, 4.69) is 20.9 Å². The average molecular weight is 309 g/mol. The molecule has 2 aromatic rings. The van der Waals surface area contributed by atoms with E-state index in [1.807, 2.05) is 0 Å². The van der Waals surface area contributed by atoms with Gasteiger partial charge < -0.3 is 5.11 Å². The Morgan fingerprint density at radius 2 is 2.06 bits per heavy atom. The van der Waals surface area contributed by atoms with Crippen LogP contribution in [0, 0.1) is 0 Å². The molecule has 1 N–H and O–H groups in total. The lowest BCUT2D eigenvalue weighted by atomic mass is 10.3. The molecule has 0 saturated heterocycles. The predicted molar refractivity (Wildman–Crippen MR) is 54.9 cm³/mol. The summed E-state index contributed by atoms with van der Waals surface area (Å²) in [6.45, 7) is 0. The smallest absolute Gasteiger partial charge is 0.435 e. The maximum absolute atomic E-state index is 12.6. The van der Waals surface area contributed by atoms with E-state index >= 15 is 0 Å². The number of hydrogen-bond acceptors (Lipinski definition) is 2. The maximum Gasteiger partial charge on any atom is 0.435 e. The normalized spacial score (nSPS) is 12.0. The molecule has 2 aromatic heterocycles. The van der Waals surface area contributed by atoms with Gasteiger partial charge in [-0.1, -0.05) is 0 Å². The number of halogens is 4. The lowest BCUT2D eigenvalue weighted by Crippen LogP contribution is -2.13. The summed E-state index contributed by atoms with van der Waals surface area (Å²) in [5.74, 6) is -1.68. The number of rotatable bonds is 1. The van der Waals surface area contributed by atoms with Crippen LogP contribution in [0.3, 0.4) is 0 Å². The van der Waals surface area contributed by atoms with E-state index in [1.54, 1.807) is 0 Å². The fraction of sp³-hybridized carbons (Fsp3) is 0.111. The van der Waals surface area contributed by atoms with Crippen molar-refractivity contribution in [1.29, 1.82) is 0 Å². The van der Waals surface area contributed by atoms with E-state index in [4.69, 9.17) is 5.11 Å². The largest absolute Gasteiger partial charge is 0.476 e. The Hall–Kier alpha value is -1.57. The van der Waals surface area contributed by atoms with Crippen LogP contribution in [-0.2, 0) is 6.18 Å². The first kappa shape index (κ1) is 11.9. The summed E-state index contributed by atoms with van der Waals surface area (Å²) >= 11 is 3.05. The van der Waals surface area contributed by atoms with Gasteiger partial charge in [0.05, 0.1) is 0 Å². The molecule has 0 spiro atoms. The first-order chi connectivity index (χ1) is 7.80. The number of carboxylic acids is 1. The van der Waals surface area contributed by atoms with Crippen molar-refractivity contribution in [1.82, 2.24) is 9.38 Å². The van der Waals surface area contributed by atoms with Crippen LogP contribution in [0.5, 0.6) is 0 Å². The molecule has 0 radical (unpaired) electrons. The summed E-state index contributed by atoms with van der Waals surface area (Å²) in [6, 6.07) is 2.78. The summed E-state index contributed by atoms with van der Waals surface area (Å²) in [5.41, 5.74) is -2.37. The Morgan fingerprint density at radius 3 is 2.59 bits per heavy atom. The fourth-order valence-electron chi connectivity index (χ4n) is 1.42. The topological polar surface area (TPSA) is 54.6 Å². The van der Waals surface area contributed by atoms with Gasteiger partial charge in [0, 0.05) is 10.7 Å². The molecule has 8 heteroatoms. The molecule has 0 fully saturated rings. The number of pyridine rings is 1. The van der Waals surface area contributed by atoms with Gasteiger partial charge in [0.25, 0.3) is 0 Å². The minimum atomic E-state index is -4.80. The molecule has 90 valence electrons. The van der Waals surface area contributed by atoms with Crippen molar-refractivity contribution in [2.45, 2.75) is 6.18 Å². The first-order valence-electron chi connectivity index (χ1n) is 4.29. The Kier molecular flexibility index (Phi) is 2.61. The zero-order valence-corrected chi connectivity index (χ0v) is 9.58. The summed E-state index contributed by atoms with van der Waals surface area (Å²) in [4.78, 5) is 14.2. The summed E-state index contributed by atoms with van der Waals surface area (Å²) in [6.07, 6.45) is -3.58. The molecule has 17 heavy (non-hydrogen) atoms.